The third-order valence-electron chi connectivity index (χ3n) is 2.91. The number of aryl methyl sites for hydroxylation is 1. The molecule has 0 heterocycles. The van der Waals surface area contributed by atoms with Crippen molar-refractivity contribution in [3.05, 3.63) is 34.9 Å². The number of rotatable bonds is 3. The molecule has 4 nitrogen and oxygen atoms in total. The molecule has 20 heavy (non-hydrogen) atoms. The number of amides is 2. The van der Waals surface area contributed by atoms with E-state index in [1.165, 1.54) is 17.9 Å². The lowest BCUT2D eigenvalue weighted by Gasteiger charge is -2.20. The van der Waals surface area contributed by atoms with Gasteiger partial charge in [-0.2, -0.15) is 13.2 Å². The summed E-state index contributed by atoms with van der Waals surface area (Å²) in [5.74, 6) is -1.94. The average molecular weight is 288 g/mol. The Morgan fingerprint density at radius 2 is 1.90 bits per heavy atom. The zero-order chi connectivity index (χ0) is 15.5. The molecule has 0 aromatic heterocycles. The molecule has 0 aliphatic heterocycles. The number of nitrogens with zero attached hydrogens (tertiary/aromatic N) is 1. The molecular formula is C13H15F3N2O2. The van der Waals surface area contributed by atoms with Gasteiger partial charge in [-0.15, -0.1) is 0 Å². The Hall–Kier alpha value is -2.05. The molecule has 0 bridgehead atoms. The van der Waals surface area contributed by atoms with Gasteiger partial charge in [-0.05, 0) is 37.1 Å². The number of primary amides is 1. The maximum Gasteiger partial charge on any atom is 0.416 e. The van der Waals surface area contributed by atoms with Crippen LogP contribution in [0.25, 0.3) is 0 Å². The summed E-state index contributed by atoms with van der Waals surface area (Å²) in [4.78, 5) is 23.5. The lowest BCUT2D eigenvalue weighted by molar-refractivity contribution is -0.144. The third-order valence-corrected chi connectivity index (χ3v) is 2.91. The van der Waals surface area contributed by atoms with E-state index < -0.39 is 23.6 Å². The molecule has 0 unspecified atom stereocenters. The Labute approximate surface area is 114 Å². The van der Waals surface area contributed by atoms with Crippen molar-refractivity contribution in [2.45, 2.75) is 26.6 Å². The van der Waals surface area contributed by atoms with Gasteiger partial charge in [0.15, 0.2) is 0 Å². The Kier molecular flexibility index (Phi) is 4.75. The Morgan fingerprint density at radius 1 is 1.30 bits per heavy atom. The van der Waals surface area contributed by atoms with Crippen LogP contribution in [0.5, 0.6) is 0 Å². The van der Waals surface area contributed by atoms with Crippen LogP contribution in [0.4, 0.5) is 13.2 Å². The lowest BCUT2D eigenvalue weighted by atomic mass is 10.0. The van der Waals surface area contributed by atoms with Gasteiger partial charge in [0, 0.05) is 13.1 Å². The number of benzene rings is 1. The Bertz CT molecular complexity index is 527. The maximum atomic E-state index is 12.5. The number of carbonyl (C=O) groups is 2. The summed E-state index contributed by atoms with van der Waals surface area (Å²) in [7, 11) is 0. The molecule has 0 aliphatic rings. The molecule has 110 valence electrons. The second kappa shape index (κ2) is 5.94. The van der Waals surface area contributed by atoms with Crippen molar-refractivity contribution in [1.82, 2.24) is 4.90 Å². The smallest absolute Gasteiger partial charge is 0.361 e. The number of hydrogen-bond acceptors (Lipinski definition) is 2. The van der Waals surface area contributed by atoms with Gasteiger partial charge in [-0.1, -0.05) is 6.07 Å². The molecule has 0 radical (unpaired) electrons. The topological polar surface area (TPSA) is 63.4 Å². The average Bonchev–Trinajstić information content (AvgIpc) is 2.35. The Balaban J connectivity index is 2.98. The van der Waals surface area contributed by atoms with E-state index in [1.54, 1.807) is 6.92 Å². The van der Waals surface area contributed by atoms with Crippen LogP contribution < -0.4 is 5.73 Å². The quantitative estimate of drug-likeness (QED) is 0.863. The molecule has 0 saturated heterocycles. The lowest BCUT2D eigenvalue weighted by Crippen LogP contribution is -2.39. The minimum absolute atomic E-state index is 0.0439. The van der Waals surface area contributed by atoms with Gasteiger partial charge >= 0.3 is 18.0 Å². The fourth-order valence-corrected chi connectivity index (χ4v) is 1.74. The summed E-state index contributed by atoms with van der Waals surface area (Å²) in [6.45, 7) is 3.46. The van der Waals surface area contributed by atoms with Crippen molar-refractivity contribution in [2.75, 3.05) is 6.54 Å². The van der Waals surface area contributed by atoms with Crippen LogP contribution in [0.1, 0.15) is 23.6 Å². The summed E-state index contributed by atoms with van der Waals surface area (Å²) < 4.78 is 37.6. The van der Waals surface area contributed by atoms with E-state index >= 15 is 0 Å². The molecular weight excluding hydrogens is 273 g/mol. The molecule has 0 fully saturated rings. The maximum absolute atomic E-state index is 12.5. The predicted octanol–water partition coefficient (Wildman–Crippen LogP) is 1.85. The molecule has 0 spiro atoms. The second-order valence-corrected chi connectivity index (χ2v) is 4.32. The van der Waals surface area contributed by atoms with E-state index in [0.29, 0.717) is 11.1 Å². The molecule has 1 aromatic carbocycles. The van der Waals surface area contributed by atoms with Crippen LogP contribution in [0.2, 0.25) is 0 Å². The molecule has 2 amide bonds. The normalized spacial score (nSPS) is 11.2. The van der Waals surface area contributed by atoms with Gasteiger partial charge in [0.25, 0.3) is 0 Å². The van der Waals surface area contributed by atoms with Crippen LogP contribution in [-0.4, -0.2) is 23.3 Å². The number of nitrogens with two attached hydrogens (primary N) is 1. The van der Waals surface area contributed by atoms with Crippen molar-refractivity contribution in [1.29, 1.82) is 0 Å². The minimum atomic E-state index is -4.41. The van der Waals surface area contributed by atoms with Gasteiger partial charge in [0.05, 0.1) is 5.56 Å². The highest BCUT2D eigenvalue weighted by atomic mass is 19.4. The first-order valence-corrected chi connectivity index (χ1v) is 5.92. The van der Waals surface area contributed by atoms with E-state index in [9.17, 15) is 22.8 Å². The zero-order valence-corrected chi connectivity index (χ0v) is 11.1. The van der Waals surface area contributed by atoms with Crippen LogP contribution in [0.3, 0.4) is 0 Å². The number of carbonyl (C=O) groups excluding carboxylic acids is 2. The van der Waals surface area contributed by atoms with Crippen LogP contribution in [-0.2, 0) is 22.3 Å². The summed E-state index contributed by atoms with van der Waals surface area (Å²) in [6, 6.07) is 3.26. The van der Waals surface area contributed by atoms with Gasteiger partial charge in [0.2, 0.25) is 0 Å². The van der Waals surface area contributed by atoms with Gasteiger partial charge < -0.3 is 10.6 Å². The van der Waals surface area contributed by atoms with Crippen LogP contribution in [0.15, 0.2) is 18.2 Å². The summed E-state index contributed by atoms with van der Waals surface area (Å²) >= 11 is 0. The number of likely N-dealkylation sites (N-methyl/N-ethyl adjacent to an activating group) is 1. The zero-order valence-electron chi connectivity index (χ0n) is 11.1. The summed E-state index contributed by atoms with van der Waals surface area (Å²) in [6.07, 6.45) is -4.41. The van der Waals surface area contributed by atoms with Crippen molar-refractivity contribution in [3.8, 4) is 0 Å². The first kappa shape index (κ1) is 16.0. The van der Waals surface area contributed by atoms with Crippen LogP contribution >= 0.6 is 0 Å². The fourth-order valence-electron chi connectivity index (χ4n) is 1.74. The van der Waals surface area contributed by atoms with E-state index in [-0.39, 0.29) is 13.1 Å². The number of halogens is 3. The molecule has 0 saturated carbocycles. The fraction of sp³-hybridized carbons (Fsp3) is 0.385. The third kappa shape index (κ3) is 3.72. The monoisotopic (exact) mass is 288 g/mol. The number of hydrogen-bond donors (Lipinski definition) is 1. The highest BCUT2D eigenvalue weighted by molar-refractivity contribution is 6.34. The van der Waals surface area contributed by atoms with Crippen molar-refractivity contribution in [3.63, 3.8) is 0 Å². The highest BCUT2D eigenvalue weighted by Gasteiger charge is 2.30. The second-order valence-electron chi connectivity index (χ2n) is 4.32. The van der Waals surface area contributed by atoms with Crippen molar-refractivity contribution in [2.24, 2.45) is 5.73 Å². The van der Waals surface area contributed by atoms with Crippen LogP contribution in [0, 0.1) is 6.92 Å². The first-order valence-electron chi connectivity index (χ1n) is 5.92. The van der Waals surface area contributed by atoms with Gasteiger partial charge in [-0.25, -0.2) is 0 Å². The van der Waals surface area contributed by atoms with Crippen molar-refractivity contribution < 1.29 is 22.8 Å². The molecule has 1 rings (SSSR count). The van der Waals surface area contributed by atoms with Crippen molar-refractivity contribution >= 4 is 11.8 Å². The minimum Gasteiger partial charge on any atom is -0.361 e. The highest BCUT2D eigenvalue weighted by Crippen LogP contribution is 2.30. The molecule has 7 heteroatoms. The van der Waals surface area contributed by atoms with Gasteiger partial charge in [0.1, 0.15) is 0 Å². The first-order chi connectivity index (χ1) is 9.16. The van der Waals surface area contributed by atoms with E-state index in [2.05, 4.69) is 0 Å². The van der Waals surface area contributed by atoms with Gasteiger partial charge in [-0.3, -0.25) is 9.59 Å². The standard InChI is InChI=1S/C13H15F3N2O2/c1-3-18(12(20)11(17)19)7-9-4-5-10(6-8(9)2)13(14,15)16/h4-6H,3,7H2,1-2H3,(H2,17,19). The van der Waals surface area contributed by atoms with E-state index in [4.69, 9.17) is 5.73 Å². The SMILES string of the molecule is CCN(Cc1ccc(C(F)(F)F)cc1C)C(=O)C(N)=O. The molecule has 2 N–H and O–H groups in total. The molecule has 0 atom stereocenters. The van der Waals surface area contributed by atoms with E-state index in [1.807, 2.05) is 0 Å². The Morgan fingerprint density at radius 3 is 2.30 bits per heavy atom. The largest absolute Gasteiger partial charge is 0.416 e. The van der Waals surface area contributed by atoms with E-state index in [0.717, 1.165) is 12.1 Å². The molecule has 1 aromatic rings. The molecule has 0 aliphatic carbocycles. The summed E-state index contributed by atoms with van der Waals surface area (Å²) in [5.41, 5.74) is 5.09. The predicted molar refractivity (Wildman–Crippen MR) is 66.5 cm³/mol. The number of alkyl halides is 3. The summed E-state index contributed by atoms with van der Waals surface area (Å²) in [5, 5.41) is 0.